The van der Waals surface area contributed by atoms with Gasteiger partial charge in [-0.05, 0) is 23.5 Å². The minimum Gasteiger partial charge on any atom is -0.486 e. The molecular formula is C28H27NO5. The van der Waals surface area contributed by atoms with Crippen molar-refractivity contribution < 1.29 is 19.4 Å². The molecule has 1 N–H and O–H groups in total. The van der Waals surface area contributed by atoms with Crippen molar-refractivity contribution in [1.29, 1.82) is 0 Å². The molecule has 6 nitrogen and oxygen atoms in total. The molecule has 1 aromatic carbocycles. The van der Waals surface area contributed by atoms with E-state index in [1.165, 1.54) is 12.3 Å². The predicted molar refractivity (Wildman–Crippen MR) is 132 cm³/mol. The Labute approximate surface area is 198 Å². The number of aromatic nitrogens is 1. The fourth-order valence-corrected chi connectivity index (χ4v) is 4.85. The molecule has 6 heteroatoms. The number of ether oxygens (including phenoxy) is 2. The zero-order valence-electron chi connectivity index (χ0n) is 19.5. The maximum Gasteiger partial charge on any atom is 0.341 e. The van der Waals surface area contributed by atoms with Crippen molar-refractivity contribution in [3.8, 4) is 22.8 Å². The van der Waals surface area contributed by atoms with E-state index in [0.29, 0.717) is 36.8 Å². The number of aromatic carboxylic acids is 1. The summed E-state index contributed by atoms with van der Waals surface area (Å²) < 4.78 is 14.3. The maximum atomic E-state index is 12.8. The van der Waals surface area contributed by atoms with Gasteiger partial charge in [-0.1, -0.05) is 63.3 Å². The molecule has 1 aliphatic carbocycles. The lowest BCUT2D eigenvalue weighted by atomic mass is 9.77. The standard InChI is InChI=1S/C28H27NO5/c1-28(2,3)24-14-20-19(22-15-23(30)21(27(31)32)16-29(22)24)13-18(25-26(20)34-12-11-33-25)17-9-7-5-4-6-8-10-17/h4-10,13,15-16,24H,11-12,14H2,1-3H3,(H,31,32)/b5-4-,6-4?,7-5?,8-6-,9-7-,10-8?,17-9?,17-10+/t24-/m0/s1. The predicted octanol–water partition coefficient (Wildman–Crippen LogP) is 5.19. The second kappa shape index (κ2) is 8.20. The highest BCUT2D eigenvalue weighted by atomic mass is 16.6. The average molecular weight is 458 g/mol. The molecule has 1 atom stereocenters. The molecule has 0 saturated heterocycles. The van der Waals surface area contributed by atoms with E-state index >= 15 is 0 Å². The number of pyridine rings is 1. The summed E-state index contributed by atoms with van der Waals surface area (Å²) in [6.45, 7) is 7.27. The van der Waals surface area contributed by atoms with Crippen LogP contribution in [0.25, 0.3) is 16.8 Å². The Bertz CT molecular complexity index is 1360. The van der Waals surface area contributed by atoms with Crippen LogP contribution < -0.4 is 14.9 Å². The Balaban J connectivity index is 1.82. The van der Waals surface area contributed by atoms with Gasteiger partial charge in [0.25, 0.3) is 0 Å². The van der Waals surface area contributed by atoms with Gasteiger partial charge < -0.3 is 19.1 Å². The minimum absolute atomic E-state index is 0.0669. The highest BCUT2D eigenvalue weighted by Crippen LogP contribution is 2.51. The van der Waals surface area contributed by atoms with Crippen molar-refractivity contribution >= 4 is 11.5 Å². The van der Waals surface area contributed by atoms with E-state index in [-0.39, 0.29) is 17.0 Å². The third-order valence-corrected chi connectivity index (χ3v) is 6.54. The summed E-state index contributed by atoms with van der Waals surface area (Å²) in [6, 6.07) is 3.43. The van der Waals surface area contributed by atoms with E-state index in [1.807, 2.05) is 53.2 Å². The lowest BCUT2D eigenvalue weighted by molar-refractivity contribution is 0.0693. The van der Waals surface area contributed by atoms with E-state index < -0.39 is 11.4 Å². The van der Waals surface area contributed by atoms with Crippen LogP contribution in [0.3, 0.4) is 0 Å². The van der Waals surface area contributed by atoms with Crippen LogP contribution in [-0.4, -0.2) is 28.9 Å². The number of hydrogen-bond donors (Lipinski definition) is 1. The highest BCUT2D eigenvalue weighted by molar-refractivity contribution is 5.89. The molecule has 5 rings (SSSR count). The van der Waals surface area contributed by atoms with Gasteiger partial charge in [-0.3, -0.25) is 4.79 Å². The van der Waals surface area contributed by atoms with Crippen LogP contribution in [0.1, 0.15) is 48.3 Å². The Morgan fingerprint density at radius 3 is 2.44 bits per heavy atom. The number of fused-ring (bicyclic) bond motifs is 5. The molecular weight excluding hydrogens is 430 g/mol. The minimum atomic E-state index is -1.22. The monoisotopic (exact) mass is 457 g/mol. The molecule has 3 heterocycles. The quantitative estimate of drug-likeness (QED) is 0.671. The summed E-state index contributed by atoms with van der Waals surface area (Å²) in [5.41, 5.74) is 3.46. The van der Waals surface area contributed by atoms with Gasteiger partial charge in [0.1, 0.15) is 18.8 Å². The van der Waals surface area contributed by atoms with Crippen LogP contribution in [0, 0.1) is 5.41 Å². The first-order valence-electron chi connectivity index (χ1n) is 11.4. The van der Waals surface area contributed by atoms with Crippen molar-refractivity contribution in [3.63, 3.8) is 0 Å². The molecule has 1 aromatic heterocycles. The van der Waals surface area contributed by atoms with E-state index in [2.05, 4.69) is 20.8 Å². The summed E-state index contributed by atoms with van der Waals surface area (Å²) in [7, 11) is 0. The van der Waals surface area contributed by atoms with Gasteiger partial charge in [-0.2, -0.15) is 0 Å². The molecule has 0 spiro atoms. The summed E-state index contributed by atoms with van der Waals surface area (Å²) in [6.07, 6.45) is 16.0. The zero-order valence-corrected chi connectivity index (χ0v) is 19.5. The van der Waals surface area contributed by atoms with Crippen molar-refractivity contribution in [1.82, 2.24) is 4.57 Å². The zero-order chi connectivity index (χ0) is 24.0. The number of carboxylic acid groups (broad SMARTS) is 1. The summed E-state index contributed by atoms with van der Waals surface area (Å²) in [4.78, 5) is 24.5. The van der Waals surface area contributed by atoms with Crippen LogP contribution in [0.4, 0.5) is 0 Å². The molecule has 0 unspecified atom stereocenters. The molecule has 2 aromatic rings. The van der Waals surface area contributed by atoms with E-state index in [0.717, 1.165) is 22.3 Å². The number of hydrogen-bond acceptors (Lipinski definition) is 4. The first kappa shape index (κ1) is 22.0. The van der Waals surface area contributed by atoms with Gasteiger partial charge in [0, 0.05) is 35.0 Å². The van der Waals surface area contributed by atoms with Crippen LogP contribution in [-0.2, 0) is 6.42 Å². The molecule has 0 radical (unpaired) electrons. The summed E-state index contributed by atoms with van der Waals surface area (Å²) in [5, 5.41) is 9.60. The van der Waals surface area contributed by atoms with Crippen LogP contribution in [0.5, 0.6) is 11.5 Å². The van der Waals surface area contributed by atoms with Crippen LogP contribution in [0.15, 0.2) is 65.7 Å². The maximum absolute atomic E-state index is 12.8. The topological polar surface area (TPSA) is 77.8 Å². The van der Waals surface area contributed by atoms with Gasteiger partial charge in [0.05, 0.1) is 5.69 Å². The second-order valence-corrected chi connectivity index (χ2v) is 9.79. The number of rotatable bonds is 2. The molecule has 0 fully saturated rings. The first-order chi connectivity index (χ1) is 16.3. The van der Waals surface area contributed by atoms with Crippen molar-refractivity contribution in [3.05, 3.63) is 87.8 Å². The molecule has 3 aliphatic rings. The van der Waals surface area contributed by atoms with Gasteiger partial charge in [0.15, 0.2) is 16.9 Å². The van der Waals surface area contributed by atoms with E-state index in [1.54, 1.807) is 0 Å². The third-order valence-electron chi connectivity index (χ3n) is 6.54. The second-order valence-electron chi connectivity index (χ2n) is 9.79. The molecule has 2 aliphatic heterocycles. The lowest BCUT2D eigenvalue weighted by Crippen LogP contribution is -2.33. The third kappa shape index (κ3) is 3.69. The van der Waals surface area contributed by atoms with E-state index in [9.17, 15) is 14.7 Å². The van der Waals surface area contributed by atoms with Crippen molar-refractivity contribution in [2.45, 2.75) is 33.2 Å². The van der Waals surface area contributed by atoms with Crippen LogP contribution >= 0.6 is 0 Å². The van der Waals surface area contributed by atoms with Gasteiger partial charge in [-0.25, -0.2) is 4.79 Å². The summed E-state index contributed by atoms with van der Waals surface area (Å²) in [5.74, 6) is 0.209. The highest BCUT2D eigenvalue weighted by Gasteiger charge is 2.37. The fraction of sp³-hybridized carbons (Fsp3) is 0.286. The fourth-order valence-electron chi connectivity index (χ4n) is 4.85. The van der Waals surface area contributed by atoms with Crippen LogP contribution in [0.2, 0.25) is 0 Å². The SMILES string of the molecule is CC(C)(C)[C@@H]1Cc2c(cc(C3=C/C=C\C=C/C=C\3)c3c2OCCO3)-c2cc(=O)c(C(=O)O)cn21. The smallest absolute Gasteiger partial charge is 0.341 e. The average Bonchev–Trinajstić information content (AvgIpc) is 2.77. The molecule has 0 amide bonds. The normalized spacial score (nSPS) is 22.8. The van der Waals surface area contributed by atoms with Gasteiger partial charge in [0.2, 0.25) is 0 Å². The lowest BCUT2D eigenvalue weighted by Gasteiger charge is -2.40. The number of nitrogens with zero attached hydrogens (tertiary/aromatic N) is 1. The Kier molecular flexibility index (Phi) is 5.31. The molecule has 174 valence electrons. The van der Waals surface area contributed by atoms with E-state index in [4.69, 9.17) is 9.47 Å². The molecule has 34 heavy (non-hydrogen) atoms. The Morgan fingerprint density at radius 2 is 1.71 bits per heavy atom. The largest absolute Gasteiger partial charge is 0.486 e. The van der Waals surface area contributed by atoms with Gasteiger partial charge in [-0.15, -0.1) is 0 Å². The molecule has 0 saturated carbocycles. The summed E-state index contributed by atoms with van der Waals surface area (Å²) >= 11 is 0. The number of benzene rings is 1. The number of carbonyl (C=O) groups is 1. The van der Waals surface area contributed by atoms with Crippen molar-refractivity contribution in [2.75, 3.05) is 13.2 Å². The Hall–Kier alpha value is -3.80. The van der Waals surface area contributed by atoms with Crippen molar-refractivity contribution in [2.24, 2.45) is 5.41 Å². The number of carboxylic acids is 1. The Morgan fingerprint density at radius 1 is 1.00 bits per heavy atom. The number of allylic oxidation sites excluding steroid dienone is 8. The first-order valence-corrected chi connectivity index (χ1v) is 11.4. The molecule has 0 bridgehead atoms. The van der Waals surface area contributed by atoms with Gasteiger partial charge >= 0.3 is 5.97 Å².